The fraction of sp³-hybridized carbons (Fsp3) is 0.429. The highest BCUT2D eigenvalue weighted by atomic mass is 32.2. The van der Waals surface area contributed by atoms with E-state index in [4.69, 9.17) is 4.74 Å². The van der Waals surface area contributed by atoms with Crippen LogP contribution in [0.15, 0.2) is 53.7 Å². The maximum Gasteiger partial charge on any atom is 0.240 e. The van der Waals surface area contributed by atoms with Crippen molar-refractivity contribution < 1.29 is 27.4 Å². The van der Waals surface area contributed by atoms with Gasteiger partial charge in [0.05, 0.1) is 36.2 Å². The molecule has 0 radical (unpaired) electrons. The van der Waals surface area contributed by atoms with E-state index in [0.29, 0.717) is 25.8 Å². The van der Waals surface area contributed by atoms with Crippen molar-refractivity contribution in [2.45, 2.75) is 48.8 Å². The van der Waals surface area contributed by atoms with E-state index in [2.05, 4.69) is 15.0 Å². The minimum Gasteiger partial charge on any atom is -0.394 e. The molecule has 0 spiro atoms. The van der Waals surface area contributed by atoms with Crippen LogP contribution in [0.2, 0.25) is 0 Å². The number of carbonyl (C=O) groups is 1. The number of sulfonamides is 1. The standard InChI is InChI=1S/C21H26FN3O5S/c22-16-1-4-18(5-2-16)31(28,29)25-19-6-3-17(30-20(19)14-26)13-21(27)24-12-9-15-7-10-23-11-8-15/h1-2,4-5,7-8,10-11,17,19-20,25-26H,3,6,9,12-14H2,(H,24,27)/t17-,19+,20-/m0/s1. The molecule has 3 N–H and O–H groups in total. The number of nitrogens with zero attached hydrogens (tertiary/aromatic N) is 1. The number of aliphatic hydroxyl groups is 1. The highest BCUT2D eigenvalue weighted by molar-refractivity contribution is 7.89. The third-order valence-corrected chi connectivity index (χ3v) is 6.63. The first-order valence-corrected chi connectivity index (χ1v) is 11.6. The van der Waals surface area contributed by atoms with Crippen molar-refractivity contribution in [3.63, 3.8) is 0 Å². The van der Waals surface area contributed by atoms with Crippen molar-refractivity contribution in [1.29, 1.82) is 0 Å². The first-order valence-electron chi connectivity index (χ1n) is 10.1. The van der Waals surface area contributed by atoms with E-state index >= 15 is 0 Å². The molecule has 10 heteroatoms. The summed E-state index contributed by atoms with van der Waals surface area (Å²) in [7, 11) is -3.89. The molecular formula is C21H26FN3O5S. The maximum absolute atomic E-state index is 13.1. The maximum atomic E-state index is 13.1. The number of aromatic nitrogens is 1. The van der Waals surface area contributed by atoms with E-state index in [9.17, 15) is 22.7 Å². The Morgan fingerprint density at radius 2 is 1.87 bits per heavy atom. The van der Waals surface area contributed by atoms with Gasteiger partial charge >= 0.3 is 0 Å². The number of hydrogen-bond donors (Lipinski definition) is 3. The molecule has 0 aliphatic carbocycles. The van der Waals surface area contributed by atoms with E-state index in [0.717, 1.165) is 17.7 Å². The molecule has 1 aliphatic rings. The lowest BCUT2D eigenvalue weighted by molar-refractivity contribution is -0.130. The Hall–Kier alpha value is -2.40. The molecule has 1 amide bonds. The van der Waals surface area contributed by atoms with Gasteiger partial charge in [-0.05, 0) is 61.2 Å². The van der Waals surface area contributed by atoms with Crippen LogP contribution in [-0.4, -0.2) is 55.8 Å². The Labute approximate surface area is 180 Å². The second-order valence-electron chi connectivity index (χ2n) is 7.40. The van der Waals surface area contributed by atoms with E-state index in [-0.39, 0.29) is 17.2 Å². The molecule has 3 rings (SSSR count). The molecule has 1 fully saturated rings. The number of nitrogens with one attached hydrogen (secondary N) is 2. The van der Waals surface area contributed by atoms with Crippen LogP contribution in [0.3, 0.4) is 0 Å². The first kappa shape index (κ1) is 23.3. The Kier molecular flexibility index (Phi) is 8.08. The summed E-state index contributed by atoms with van der Waals surface area (Å²) in [4.78, 5) is 16.1. The average Bonchev–Trinajstić information content (AvgIpc) is 2.75. The van der Waals surface area contributed by atoms with Gasteiger partial charge in [0.2, 0.25) is 15.9 Å². The number of benzene rings is 1. The van der Waals surface area contributed by atoms with Gasteiger partial charge in [-0.25, -0.2) is 17.5 Å². The molecule has 2 aromatic rings. The van der Waals surface area contributed by atoms with Crippen molar-refractivity contribution >= 4 is 15.9 Å². The number of amides is 1. The van der Waals surface area contributed by atoms with Gasteiger partial charge in [0.25, 0.3) is 0 Å². The molecule has 168 valence electrons. The summed E-state index contributed by atoms with van der Waals surface area (Å²) >= 11 is 0. The third-order valence-electron chi connectivity index (χ3n) is 5.12. The number of ether oxygens (including phenoxy) is 1. The van der Waals surface area contributed by atoms with Crippen LogP contribution in [0.4, 0.5) is 4.39 Å². The summed E-state index contributed by atoms with van der Waals surface area (Å²) in [5.74, 6) is -0.698. The smallest absolute Gasteiger partial charge is 0.240 e. The van der Waals surface area contributed by atoms with E-state index in [1.807, 2.05) is 12.1 Å². The summed E-state index contributed by atoms with van der Waals surface area (Å²) in [6.45, 7) is 0.0931. The second-order valence-corrected chi connectivity index (χ2v) is 9.11. The Morgan fingerprint density at radius 1 is 1.16 bits per heavy atom. The van der Waals surface area contributed by atoms with Gasteiger partial charge in [0, 0.05) is 18.9 Å². The Morgan fingerprint density at radius 3 is 2.55 bits per heavy atom. The van der Waals surface area contributed by atoms with Gasteiger partial charge in [-0.1, -0.05) is 0 Å². The molecule has 3 atom stereocenters. The lowest BCUT2D eigenvalue weighted by Crippen LogP contribution is -2.51. The Bertz CT molecular complexity index is 957. The number of hydrogen-bond acceptors (Lipinski definition) is 6. The van der Waals surface area contributed by atoms with Crippen LogP contribution in [0.25, 0.3) is 0 Å². The normalized spacial score (nSPS) is 21.5. The number of rotatable bonds is 9. The van der Waals surface area contributed by atoms with Crippen molar-refractivity contribution in [2.75, 3.05) is 13.2 Å². The number of carbonyl (C=O) groups excluding carboxylic acids is 1. The lowest BCUT2D eigenvalue weighted by atomic mass is 9.98. The zero-order valence-corrected chi connectivity index (χ0v) is 17.7. The molecule has 1 aromatic heterocycles. The molecule has 8 nitrogen and oxygen atoms in total. The molecule has 0 saturated carbocycles. The van der Waals surface area contributed by atoms with Gasteiger partial charge < -0.3 is 15.2 Å². The minimum absolute atomic E-state index is 0.0683. The van der Waals surface area contributed by atoms with E-state index in [1.54, 1.807) is 12.4 Å². The highest BCUT2D eigenvalue weighted by Gasteiger charge is 2.34. The SMILES string of the molecule is O=C(C[C@@H]1CC[C@@H](NS(=O)(=O)c2ccc(F)cc2)[C@H](CO)O1)NCCc1ccncc1. The molecule has 2 heterocycles. The zero-order chi connectivity index (χ0) is 22.3. The fourth-order valence-electron chi connectivity index (χ4n) is 3.47. The molecule has 1 aliphatic heterocycles. The first-order chi connectivity index (χ1) is 14.9. The quantitative estimate of drug-likeness (QED) is 0.527. The van der Waals surface area contributed by atoms with E-state index < -0.39 is 40.7 Å². The summed E-state index contributed by atoms with van der Waals surface area (Å²) in [5.41, 5.74) is 1.07. The monoisotopic (exact) mass is 451 g/mol. The van der Waals surface area contributed by atoms with Crippen molar-refractivity contribution in [1.82, 2.24) is 15.0 Å². The van der Waals surface area contributed by atoms with Crippen LogP contribution in [0.1, 0.15) is 24.8 Å². The van der Waals surface area contributed by atoms with E-state index in [1.165, 1.54) is 12.1 Å². The summed E-state index contributed by atoms with van der Waals surface area (Å²) < 4.78 is 46.4. The van der Waals surface area contributed by atoms with Crippen molar-refractivity contribution in [3.8, 4) is 0 Å². The van der Waals surface area contributed by atoms with Crippen LogP contribution in [0.5, 0.6) is 0 Å². The zero-order valence-electron chi connectivity index (χ0n) is 16.9. The molecule has 0 bridgehead atoms. The summed E-state index contributed by atoms with van der Waals surface area (Å²) in [6, 6.07) is 7.61. The van der Waals surface area contributed by atoms with Crippen LogP contribution in [-0.2, 0) is 26.0 Å². The topological polar surface area (TPSA) is 118 Å². The van der Waals surface area contributed by atoms with Gasteiger partial charge in [-0.2, -0.15) is 0 Å². The molecule has 1 aromatic carbocycles. The van der Waals surface area contributed by atoms with Crippen LogP contribution in [0, 0.1) is 5.82 Å². The highest BCUT2D eigenvalue weighted by Crippen LogP contribution is 2.23. The van der Waals surface area contributed by atoms with Crippen LogP contribution < -0.4 is 10.0 Å². The van der Waals surface area contributed by atoms with Gasteiger partial charge in [0.1, 0.15) is 5.82 Å². The third kappa shape index (κ3) is 6.79. The number of pyridine rings is 1. The molecule has 31 heavy (non-hydrogen) atoms. The van der Waals surface area contributed by atoms with Gasteiger partial charge in [-0.15, -0.1) is 0 Å². The minimum atomic E-state index is -3.89. The molecule has 0 unspecified atom stereocenters. The largest absolute Gasteiger partial charge is 0.394 e. The fourth-order valence-corrected chi connectivity index (χ4v) is 4.77. The van der Waals surface area contributed by atoms with Crippen molar-refractivity contribution in [2.24, 2.45) is 0 Å². The average molecular weight is 452 g/mol. The number of aliphatic hydroxyl groups excluding tert-OH is 1. The predicted molar refractivity (Wildman–Crippen MR) is 111 cm³/mol. The van der Waals surface area contributed by atoms with Gasteiger partial charge in [-0.3, -0.25) is 9.78 Å². The summed E-state index contributed by atoms with van der Waals surface area (Å²) in [5, 5.41) is 12.5. The number of halogens is 1. The second kappa shape index (κ2) is 10.8. The molecule has 1 saturated heterocycles. The van der Waals surface area contributed by atoms with Gasteiger partial charge in [0.15, 0.2) is 0 Å². The molecular weight excluding hydrogens is 425 g/mol. The summed E-state index contributed by atoms with van der Waals surface area (Å²) in [6.07, 6.45) is 3.89. The van der Waals surface area contributed by atoms with Crippen LogP contribution >= 0.6 is 0 Å². The Balaban J connectivity index is 1.48. The lowest BCUT2D eigenvalue weighted by Gasteiger charge is -2.35. The predicted octanol–water partition coefficient (Wildman–Crippen LogP) is 1.16. The van der Waals surface area contributed by atoms with Crippen molar-refractivity contribution in [3.05, 3.63) is 60.2 Å².